The zero-order valence-corrected chi connectivity index (χ0v) is 11.7. The van der Waals surface area contributed by atoms with Crippen molar-refractivity contribution in [2.45, 2.75) is 0 Å². The molecule has 0 saturated carbocycles. The van der Waals surface area contributed by atoms with Crippen molar-refractivity contribution in [2.75, 3.05) is 12.4 Å². The van der Waals surface area contributed by atoms with Crippen LogP contribution >= 0.6 is 15.9 Å². The fraction of sp³-hybridized carbons (Fsp3) is 0.0769. The summed E-state index contributed by atoms with van der Waals surface area (Å²) in [6.45, 7) is 0. The number of aromatic nitrogens is 1. The van der Waals surface area contributed by atoms with E-state index >= 15 is 0 Å². The average Bonchev–Trinajstić information content (AvgIpc) is 2.41. The molecule has 0 spiro atoms. The highest BCUT2D eigenvalue weighted by Crippen LogP contribution is 2.27. The molecule has 2 rings (SSSR count). The van der Waals surface area contributed by atoms with Gasteiger partial charge in [0.1, 0.15) is 11.3 Å². The maximum atomic E-state index is 12.0. The van der Waals surface area contributed by atoms with E-state index in [0.717, 1.165) is 0 Å². The number of methoxy groups -OCH3 is 1. The summed E-state index contributed by atoms with van der Waals surface area (Å²) in [5, 5.41) is 2.66. The molecule has 0 bridgehead atoms. The minimum absolute atomic E-state index is 0.0530. The van der Waals surface area contributed by atoms with Gasteiger partial charge in [0.05, 0.1) is 12.8 Å². The Labute approximate surface area is 117 Å². The summed E-state index contributed by atoms with van der Waals surface area (Å²) in [7, 11) is 1.54. The minimum Gasteiger partial charge on any atom is -0.497 e. The van der Waals surface area contributed by atoms with Crippen molar-refractivity contribution in [3.63, 3.8) is 0 Å². The Hall–Kier alpha value is -2.08. The van der Waals surface area contributed by atoms with E-state index in [4.69, 9.17) is 4.74 Å². The summed E-state index contributed by atoms with van der Waals surface area (Å²) in [4.78, 5) is 26.2. The Bertz CT molecular complexity index is 667. The number of halogens is 1. The SMILES string of the molecule is COc1ccc(Br)c(NC(=O)c2c[nH]ccc2=O)c1. The number of hydrogen-bond acceptors (Lipinski definition) is 3. The molecule has 0 aliphatic heterocycles. The third-order valence-corrected chi connectivity index (χ3v) is 3.18. The number of carbonyl (C=O) groups excluding carboxylic acids is 1. The van der Waals surface area contributed by atoms with Crippen molar-refractivity contribution in [1.82, 2.24) is 4.98 Å². The zero-order valence-electron chi connectivity index (χ0n) is 10.1. The molecule has 1 aromatic carbocycles. The second kappa shape index (κ2) is 5.71. The molecule has 0 atom stereocenters. The summed E-state index contributed by atoms with van der Waals surface area (Å²) in [5.74, 6) is 0.135. The molecular formula is C13H11BrN2O3. The summed E-state index contributed by atoms with van der Waals surface area (Å²) in [6.07, 6.45) is 2.84. The van der Waals surface area contributed by atoms with Gasteiger partial charge in [-0.15, -0.1) is 0 Å². The Morgan fingerprint density at radius 3 is 2.84 bits per heavy atom. The summed E-state index contributed by atoms with van der Waals surface area (Å²) < 4.78 is 5.78. The number of aromatic amines is 1. The van der Waals surface area contributed by atoms with Crippen LogP contribution in [-0.4, -0.2) is 18.0 Å². The van der Waals surface area contributed by atoms with Gasteiger partial charge in [-0.3, -0.25) is 9.59 Å². The molecular weight excluding hydrogens is 312 g/mol. The maximum Gasteiger partial charge on any atom is 0.261 e. The first-order valence-electron chi connectivity index (χ1n) is 5.44. The van der Waals surface area contributed by atoms with E-state index in [1.54, 1.807) is 18.2 Å². The van der Waals surface area contributed by atoms with Crippen molar-refractivity contribution >= 4 is 27.5 Å². The lowest BCUT2D eigenvalue weighted by atomic mass is 10.2. The van der Waals surface area contributed by atoms with Crippen LogP contribution in [0.5, 0.6) is 5.75 Å². The second-order valence-electron chi connectivity index (χ2n) is 3.72. The molecule has 1 amide bonds. The molecule has 19 heavy (non-hydrogen) atoms. The molecule has 1 heterocycles. The number of nitrogens with one attached hydrogen (secondary N) is 2. The van der Waals surface area contributed by atoms with Crippen molar-refractivity contribution < 1.29 is 9.53 Å². The topological polar surface area (TPSA) is 71.2 Å². The molecule has 0 aliphatic rings. The van der Waals surface area contributed by atoms with Crippen LogP contribution in [0.15, 0.2) is 45.9 Å². The molecule has 0 saturated heterocycles. The summed E-state index contributed by atoms with van der Waals surface area (Å²) in [5.41, 5.74) is 0.250. The van der Waals surface area contributed by atoms with Crippen LogP contribution in [0.1, 0.15) is 10.4 Å². The van der Waals surface area contributed by atoms with Crippen LogP contribution in [0.2, 0.25) is 0 Å². The highest BCUT2D eigenvalue weighted by molar-refractivity contribution is 9.10. The fourth-order valence-corrected chi connectivity index (χ4v) is 1.86. The monoisotopic (exact) mass is 322 g/mol. The number of carbonyl (C=O) groups is 1. The van der Waals surface area contributed by atoms with Gasteiger partial charge in [-0.25, -0.2) is 0 Å². The predicted molar refractivity (Wildman–Crippen MR) is 75.7 cm³/mol. The zero-order chi connectivity index (χ0) is 13.8. The van der Waals surface area contributed by atoms with Crippen LogP contribution in [-0.2, 0) is 0 Å². The van der Waals surface area contributed by atoms with Gasteiger partial charge < -0.3 is 15.0 Å². The molecule has 0 radical (unpaired) electrons. The molecule has 0 fully saturated rings. The van der Waals surface area contributed by atoms with E-state index in [1.807, 2.05) is 0 Å². The van der Waals surface area contributed by atoms with Gasteiger partial charge in [-0.2, -0.15) is 0 Å². The largest absolute Gasteiger partial charge is 0.497 e. The molecule has 1 aromatic heterocycles. The van der Waals surface area contributed by atoms with Crippen molar-refractivity contribution in [2.24, 2.45) is 0 Å². The molecule has 6 heteroatoms. The predicted octanol–water partition coefficient (Wildman–Crippen LogP) is 2.40. The average molecular weight is 323 g/mol. The van der Waals surface area contributed by atoms with Gasteiger partial charge in [0, 0.05) is 29.0 Å². The Balaban J connectivity index is 2.29. The van der Waals surface area contributed by atoms with E-state index in [-0.39, 0.29) is 11.0 Å². The number of hydrogen-bond donors (Lipinski definition) is 2. The molecule has 2 N–H and O–H groups in total. The molecule has 98 valence electrons. The van der Waals surface area contributed by atoms with E-state index in [9.17, 15) is 9.59 Å². The first kappa shape index (κ1) is 13.4. The number of rotatable bonds is 3. The number of ether oxygens (including phenoxy) is 1. The summed E-state index contributed by atoms with van der Waals surface area (Å²) >= 11 is 3.32. The van der Waals surface area contributed by atoms with E-state index in [0.29, 0.717) is 15.9 Å². The van der Waals surface area contributed by atoms with Crippen LogP contribution < -0.4 is 15.5 Å². The van der Waals surface area contributed by atoms with E-state index < -0.39 is 5.91 Å². The highest BCUT2D eigenvalue weighted by atomic mass is 79.9. The lowest BCUT2D eigenvalue weighted by molar-refractivity contribution is 0.102. The Morgan fingerprint density at radius 1 is 1.37 bits per heavy atom. The van der Waals surface area contributed by atoms with Crippen molar-refractivity contribution in [3.05, 3.63) is 56.9 Å². The van der Waals surface area contributed by atoms with Gasteiger partial charge in [0.25, 0.3) is 5.91 Å². The van der Waals surface area contributed by atoms with Gasteiger partial charge in [-0.1, -0.05) is 0 Å². The third-order valence-electron chi connectivity index (χ3n) is 2.49. The number of pyridine rings is 1. The standard InChI is InChI=1S/C13H11BrN2O3/c1-19-8-2-3-10(14)11(6-8)16-13(18)9-7-15-5-4-12(9)17/h2-7H,1H3,(H,15,17)(H,16,18). The number of anilines is 1. The normalized spacial score (nSPS) is 10.0. The first-order chi connectivity index (χ1) is 9.11. The lowest BCUT2D eigenvalue weighted by Crippen LogP contribution is -2.21. The van der Waals surface area contributed by atoms with E-state index in [1.165, 1.54) is 25.6 Å². The molecule has 2 aromatic rings. The third kappa shape index (κ3) is 3.03. The smallest absolute Gasteiger partial charge is 0.261 e. The fourth-order valence-electron chi connectivity index (χ4n) is 1.51. The molecule has 5 nitrogen and oxygen atoms in total. The molecule has 0 unspecified atom stereocenters. The summed E-state index contributed by atoms with van der Waals surface area (Å²) in [6, 6.07) is 6.48. The number of amides is 1. The second-order valence-corrected chi connectivity index (χ2v) is 4.58. The molecule has 0 aliphatic carbocycles. The minimum atomic E-state index is -0.476. The Morgan fingerprint density at radius 2 is 2.16 bits per heavy atom. The van der Waals surface area contributed by atoms with Crippen LogP contribution in [0.3, 0.4) is 0 Å². The maximum absolute atomic E-state index is 12.0. The number of H-pyrrole nitrogens is 1. The van der Waals surface area contributed by atoms with Crippen LogP contribution in [0.25, 0.3) is 0 Å². The van der Waals surface area contributed by atoms with Gasteiger partial charge in [0.2, 0.25) is 0 Å². The van der Waals surface area contributed by atoms with Crippen LogP contribution in [0.4, 0.5) is 5.69 Å². The van der Waals surface area contributed by atoms with Gasteiger partial charge >= 0.3 is 0 Å². The quantitative estimate of drug-likeness (QED) is 0.911. The van der Waals surface area contributed by atoms with Crippen molar-refractivity contribution in [3.8, 4) is 5.75 Å². The lowest BCUT2D eigenvalue weighted by Gasteiger charge is -2.08. The van der Waals surface area contributed by atoms with Gasteiger partial charge in [0.15, 0.2) is 5.43 Å². The Kier molecular flexibility index (Phi) is 4.01. The highest BCUT2D eigenvalue weighted by Gasteiger charge is 2.12. The van der Waals surface area contributed by atoms with Gasteiger partial charge in [-0.05, 0) is 28.1 Å². The van der Waals surface area contributed by atoms with Crippen LogP contribution in [0, 0.1) is 0 Å². The van der Waals surface area contributed by atoms with E-state index in [2.05, 4.69) is 26.2 Å². The number of benzene rings is 1. The van der Waals surface area contributed by atoms with Crippen molar-refractivity contribution in [1.29, 1.82) is 0 Å². The first-order valence-corrected chi connectivity index (χ1v) is 6.23.